The smallest absolute Gasteiger partial charge is 0.326 e. The number of aliphatic carboxylic acids is 1. The maximum Gasteiger partial charge on any atom is 0.326 e. The predicted molar refractivity (Wildman–Crippen MR) is 122 cm³/mol. The third-order valence-corrected chi connectivity index (χ3v) is 5.82. The van der Waals surface area contributed by atoms with Crippen LogP contribution in [0.25, 0.3) is 0 Å². The second kappa shape index (κ2) is 10.5. The summed E-state index contributed by atoms with van der Waals surface area (Å²) in [5.41, 5.74) is 1.05. The number of benzene rings is 1. The average Bonchev–Trinajstić information content (AvgIpc) is 2.73. The van der Waals surface area contributed by atoms with Crippen LogP contribution in [0.2, 0.25) is 0 Å². The molecule has 32 heavy (non-hydrogen) atoms. The Balaban J connectivity index is 2.36. The molecule has 4 amide bonds. The number of carbonyl (C=O) groups excluding carboxylic acids is 3. The topological polar surface area (TPSA) is 128 Å². The third-order valence-electron chi connectivity index (χ3n) is 5.82. The van der Waals surface area contributed by atoms with Gasteiger partial charge in [-0.3, -0.25) is 14.5 Å². The summed E-state index contributed by atoms with van der Waals surface area (Å²) in [6.07, 6.45) is 0.586. The number of fused-ring (bicyclic) bond motifs is 1. The molecule has 0 aliphatic carbocycles. The molecule has 9 heteroatoms. The molecular weight excluding hydrogens is 412 g/mol. The van der Waals surface area contributed by atoms with Gasteiger partial charge in [0.15, 0.2) is 0 Å². The molecule has 0 radical (unpaired) electrons. The van der Waals surface area contributed by atoms with E-state index in [2.05, 4.69) is 16.0 Å². The van der Waals surface area contributed by atoms with Gasteiger partial charge in [-0.2, -0.15) is 0 Å². The van der Waals surface area contributed by atoms with Crippen molar-refractivity contribution in [2.24, 2.45) is 17.8 Å². The van der Waals surface area contributed by atoms with Crippen LogP contribution in [0.5, 0.6) is 0 Å². The summed E-state index contributed by atoms with van der Waals surface area (Å²) in [6.45, 7) is 10.8. The first-order valence-corrected chi connectivity index (χ1v) is 11.0. The van der Waals surface area contributed by atoms with Crippen molar-refractivity contribution in [3.8, 4) is 0 Å². The minimum atomic E-state index is -1.14. The Morgan fingerprint density at radius 1 is 1.06 bits per heavy atom. The maximum atomic E-state index is 13.4. The second-order valence-electron chi connectivity index (χ2n) is 8.95. The van der Waals surface area contributed by atoms with Gasteiger partial charge in [-0.05, 0) is 29.9 Å². The Kier molecular flexibility index (Phi) is 8.24. The number of nitrogens with zero attached hydrogens (tertiary/aromatic N) is 1. The minimum absolute atomic E-state index is 0.178. The summed E-state index contributed by atoms with van der Waals surface area (Å²) >= 11 is 0. The molecule has 0 saturated heterocycles. The minimum Gasteiger partial charge on any atom is -0.480 e. The number of hydrogen-bond donors (Lipinski definition) is 4. The monoisotopic (exact) mass is 446 g/mol. The van der Waals surface area contributed by atoms with Gasteiger partial charge >= 0.3 is 12.0 Å². The van der Waals surface area contributed by atoms with Gasteiger partial charge in [0.25, 0.3) is 0 Å². The summed E-state index contributed by atoms with van der Waals surface area (Å²) in [5, 5.41) is 17.6. The van der Waals surface area contributed by atoms with Crippen LogP contribution in [0.3, 0.4) is 0 Å². The average molecular weight is 447 g/mol. The van der Waals surface area contributed by atoms with Crippen molar-refractivity contribution in [3.05, 3.63) is 24.3 Å². The van der Waals surface area contributed by atoms with E-state index in [4.69, 9.17) is 0 Å². The molecule has 4 atom stereocenters. The lowest BCUT2D eigenvalue weighted by Gasteiger charge is -2.39. The lowest BCUT2D eigenvalue weighted by Crippen LogP contribution is -2.61. The van der Waals surface area contributed by atoms with Crippen LogP contribution in [-0.4, -0.2) is 47.0 Å². The number of rotatable bonds is 8. The van der Waals surface area contributed by atoms with Crippen molar-refractivity contribution < 1.29 is 24.3 Å². The Hall–Kier alpha value is -3.10. The van der Waals surface area contributed by atoms with E-state index in [-0.39, 0.29) is 23.7 Å². The summed E-state index contributed by atoms with van der Waals surface area (Å²) in [6, 6.07) is 3.61. The fourth-order valence-electron chi connectivity index (χ4n) is 3.76. The normalized spacial score (nSPS) is 18.4. The number of nitrogens with one attached hydrogen (secondary N) is 3. The Labute approximate surface area is 188 Å². The third kappa shape index (κ3) is 5.38. The molecule has 0 fully saturated rings. The van der Waals surface area contributed by atoms with Crippen LogP contribution in [0, 0.1) is 17.8 Å². The molecule has 1 aliphatic rings. The quantitative estimate of drug-likeness (QED) is 0.488. The molecule has 1 heterocycles. The van der Waals surface area contributed by atoms with Gasteiger partial charge in [-0.15, -0.1) is 0 Å². The summed E-state index contributed by atoms with van der Waals surface area (Å²) in [7, 11) is 0. The van der Waals surface area contributed by atoms with E-state index in [0.717, 1.165) is 0 Å². The van der Waals surface area contributed by atoms with E-state index in [0.29, 0.717) is 17.8 Å². The van der Waals surface area contributed by atoms with Crippen molar-refractivity contribution in [2.75, 3.05) is 10.2 Å². The molecule has 9 nitrogen and oxygen atoms in total. The largest absolute Gasteiger partial charge is 0.480 e. The predicted octanol–water partition coefficient (Wildman–Crippen LogP) is 2.82. The van der Waals surface area contributed by atoms with Crippen molar-refractivity contribution in [1.29, 1.82) is 0 Å². The highest BCUT2D eigenvalue weighted by molar-refractivity contribution is 6.12. The second-order valence-corrected chi connectivity index (χ2v) is 8.95. The van der Waals surface area contributed by atoms with Crippen LogP contribution in [-0.2, 0) is 14.4 Å². The van der Waals surface area contributed by atoms with Gasteiger partial charge in [-0.25, -0.2) is 9.59 Å². The van der Waals surface area contributed by atoms with Gasteiger partial charge in [0.05, 0.1) is 11.4 Å². The summed E-state index contributed by atoms with van der Waals surface area (Å²) < 4.78 is 0. The van der Waals surface area contributed by atoms with Crippen LogP contribution >= 0.6 is 0 Å². The van der Waals surface area contributed by atoms with E-state index in [1.54, 1.807) is 38.1 Å². The molecule has 2 rings (SSSR count). The number of para-hydroxylation sites is 2. The highest BCUT2D eigenvalue weighted by Crippen LogP contribution is 2.34. The van der Waals surface area contributed by atoms with E-state index in [1.807, 2.05) is 27.7 Å². The van der Waals surface area contributed by atoms with Crippen molar-refractivity contribution >= 4 is 35.2 Å². The number of carbonyl (C=O) groups is 4. The summed E-state index contributed by atoms with van der Waals surface area (Å²) in [5.74, 6) is -2.76. The highest BCUT2D eigenvalue weighted by Gasteiger charge is 2.40. The maximum absolute atomic E-state index is 13.4. The van der Waals surface area contributed by atoms with Gasteiger partial charge in [0.1, 0.15) is 18.1 Å². The Bertz CT molecular complexity index is 870. The van der Waals surface area contributed by atoms with E-state index >= 15 is 0 Å². The molecule has 0 bridgehead atoms. The van der Waals surface area contributed by atoms with Crippen molar-refractivity contribution in [3.63, 3.8) is 0 Å². The molecule has 0 saturated carbocycles. The van der Waals surface area contributed by atoms with E-state index in [1.165, 1.54) is 4.90 Å². The zero-order valence-electron chi connectivity index (χ0n) is 19.5. The van der Waals surface area contributed by atoms with Crippen molar-refractivity contribution in [2.45, 2.75) is 66.1 Å². The number of carboxylic acid groups (broad SMARTS) is 1. The lowest BCUT2D eigenvalue weighted by molar-refractivity contribution is -0.143. The molecule has 1 aromatic rings. The molecule has 0 unspecified atom stereocenters. The summed E-state index contributed by atoms with van der Waals surface area (Å²) in [4.78, 5) is 52.1. The molecule has 0 aromatic heterocycles. The van der Waals surface area contributed by atoms with E-state index < -0.39 is 36.0 Å². The number of hydrogen-bond acceptors (Lipinski definition) is 4. The fraction of sp³-hybridized carbons (Fsp3) is 0.565. The first-order valence-electron chi connectivity index (χ1n) is 11.0. The van der Waals surface area contributed by atoms with Crippen LogP contribution in [0.4, 0.5) is 16.2 Å². The van der Waals surface area contributed by atoms with Gasteiger partial charge in [0, 0.05) is 0 Å². The Morgan fingerprint density at radius 2 is 1.69 bits per heavy atom. The first-order chi connectivity index (χ1) is 15.0. The first kappa shape index (κ1) is 25.2. The molecule has 176 valence electrons. The standard InChI is InChI=1S/C23H34N4O5/c1-7-14(6)18(20(28)25-17(12(2)3)22(30)31)26-23(32)27-16-11-9-8-10-15(16)24-21(29)19(27)13(4)5/h8-14,17-19H,7H2,1-6H3,(H,24,29)(H,25,28)(H,26,32)(H,30,31)/t14-,17-,18-,19+/m0/s1. The molecule has 4 N–H and O–H groups in total. The van der Waals surface area contributed by atoms with Gasteiger partial charge in [-0.1, -0.05) is 60.1 Å². The molecule has 0 spiro atoms. The van der Waals surface area contributed by atoms with Gasteiger partial charge < -0.3 is 21.1 Å². The Morgan fingerprint density at radius 3 is 2.22 bits per heavy atom. The van der Waals surface area contributed by atoms with Crippen LogP contribution < -0.4 is 20.9 Å². The van der Waals surface area contributed by atoms with E-state index in [9.17, 15) is 24.3 Å². The highest BCUT2D eigenvalue weighted by atomic mass is 16.4. The number of anilines is 2. The zero-order chi connectivity index (χ0) is 24.2. The molecule has 1 aliphatic heterocycles. The molecular formula is C23H34N4O5. The fourth-order valence-corrected chi connectivity index (χ4v) is 3.76. The SMILES string of the molecule is CC[C@H](C)[C@H](NC(=O)N1c2ccccc2NC(=O)[C@H]1C(C)C)C(=O)N[C@H](C(=O)O)C(C)C. The number of amides is 4. The zero-order valence-corrected chi connectivity index (χ0v) is 19.5. The van der Waals surface area contributed by atoms with Crippen LogP contribution in [0.1, 0.15) is 48.0 Å². The number of urea groups is 1. The van der Waals surface area contributed by atoms with Crippen LogP contribution in [0.15, 0.2) is 24.3 Å². The number of carboxylic acids is 1. The molecule has 1 aromatic carbocycles. The van der Waals surface area contributed by atoms with Gasteiger partial charge in [0.2, 0.25) is 11.8 Å². The lowest BCUT2D eigenvalue weighted by atomic mass is 9.96. The van der Waals surface area contributed by atoms with Crippen molar-refractivity contribution in [1.82, 2.24) is 10.6 Å².